The van der Waals surface area contributed by atoms with E-state index in [9.17, 15) is 0 Å². The SMILES string of the molecule is CC1CCCCC12CC(N)c1cc(Br)ccc1O2. The maximum absolute atomic E-state index is 6.40. The van der Waals surface area contributed by atoms with Crippen LogP contribution in [0.5, 0.6) is 5.75 Å². The third kappa shape index (κ3) is 1.97. The molecule has 3 atom stereocenters. The van der Waals surface area contributed by atoms with Gasteiger partial charge < -0.3 is 10.5 Å². The maximum Gasteiger partial charge on any atom is 0.125 e. The number of halogens is 1. The first-order valence-electron chi connectivity index (χ1n) is 6.85. The molecule has 3 rings (SSSR count). The highest BCUT2D eigenvalue weighted by Crippen LogP contribution is 2.48. The van der Waals surface area contributed by atoms with Gasteiger partial charge in [0.2, 0.25) is 0 Å². The first kappa shape index (κ1) is 12.5. The van der Waals surface area contributed by atoms with Crippen LogP contribution in [0.4, 0.5) is 0 Å². The predicted molar refractivity (Wildman–Crippen MR) is 76.7 cm³/mol. The number of hydrogen-bond acceptors (Lipinski definition) is 2. The molecule has 0 saturated heterocycles. The molecule has 2 aliphatic rings. The zero-order valence-electron chi connectivity index (χ0n) is 10.8. The Morgan fingerprint density at radius 1 is 1.39 bits per heavy atom. The lowest BCUT2D eigenvalue weighted by Gasteiger charge is -2.47. The Morgan fingerprint density at radius 3 is 3.00 bits per heavy atom. The van der Waals surface area contributed by atoms with Crippen molar-refractivity contribution in [1.82, 2.24) is 0 Å². The van der Waals surface area contributed by atoms with E-state index in [0.29, 0.717) is 5.92 Å². The molecule has 1 aliphatic heterocycles. The van der Waals surface area contributed by atoms with Crippen molar-refractivity contribution in [1.29, 1.82) is 0 Å². The van der Waals surface area contributed by atoms with Gasteiger partial charge in [-0.1, -0.05) is 29.3 Å². The predicted octanol–water partition coefficient (Wildman–Crippen LogP) is 4.18. The summed E-state index contributed by atoms with van der Waals surface area (Å²) in [5, 5.41) is 0. The van der Waals surface area contributed by atoms with Crippen molar-refractivity contribution in [3.63, 3.8) is 0 Å². The summed E-state index contributed by atoms with van der Waals surface area (Å²) >= 11 is 3.51. The van der Waals surface area contributed by atoms with Gasteiger partial charge in [-0.15, -0.1) is 0 Å². The second kappa shape index (κ2) is 4.53. The van der Waals surface area contributed by atoms with Crippen LogP contribution in [-0.2, 0) is 0 Å². The van der Waals surface area contributed by atoms with Gasteiger partial charge in [0, 0.05) is 22.5 Å². The van der Waals surface area contributed by atoms with Crippen molar-refractivity contribution < 1.29 is 4.74 Å². The summed E-state index contributed by atoms with van der Waals surface area (Å²) in [5.74, 6) is 1.60. The normalized spacial score (nSPS) is 35.1. The second-order valence-corrected chi connectivity index (χ2v) is 6.72. The molecule has 0 radical (unpaired) electrons. The largest absolute Gasteiger partial charge is 0.487 e. The number of benzene rings is 1. The molecule has 1 aromatic rings. The molecule has 0 amide bonds. The highest BCUT2D eigenvalue weighted by atomic mass is 79.9. The smallest absolute Gasteiger partial charge is 0.125 e. The van der Waals surface area contributed by atoms with Crippen LogP contribution in [0.3, 0.4) is 0 Å². The molecule has 3 heteroatoms. The average molecular weight is 310 g/mol. The topological polar surface area (TPSA) is 35.2 Å². The molecule has 1 aliphatic carbocycles. The number of nitrogens with two attached hydrogens (primary N) is 1. The minimum Gasteiger partial charge on any atom is -0.487 e. The van der Waals surface area contributed by atoms with E-state index in [0.717, 1.165) is 28.6 Å². The van der Waals surface area contributed by atoms with Crippen molar-refractivity contribution in [3.05, 3.63) is 28.2 Å². The summed E-state index contributed by atoms with van der Waals surface area (Å²) < 4.78 is 7.47. The number of rotatable bonds is 0. The van der Waals surface area contributed by atoms with Crippen molar-refractivity contribution in [2.24, 2.45) is 11.7 Å². The lowest BCUT2D eigenvalue weighted by molar-refractivity contribution is -0.0407. The molecule has 2 nitrogen and oxygen atoms in total. The molecule has 0 aromatic heterocycles. The van der Waals surface area contributed by atoms with Gasteiger partial charge in [-0.05, 0) is 43.4 Å². The molecular weight excluding hydrogens is 290 g/mol. The zero-order chi connectivity index (χ0) is 12.8. The minimum absolute atomic E-state index is 0.0154. The summed E-state index contributed by atoms with van der Waals surface area (Å²) in [5.41, 5.74) is 7.51. The fourth-order valence-corrected chi connectivity index (χ4v) is 3.86. The van der Waals surface area contributed by atoms with Gasteiger partial charge in [-0.25, -0.2) is 0 Å². The molecule has 1 spiro atoms. The van der Waals surface area contributed by atoms with E-state index in [4.69, 9.17) is 10.5 Å². The Bertz CT molecular complexity index is 462. The Kier molecular flexibility index (Phi) is 3.15. The van der Waals surface area contributed by atoms with E-state index in [2.05, 4.69) is 35.0 Å². The van der Waals surface area contributed by atoms with Gasteiger partial charge in [-0.3, -0.25) is 0 Å². The van der Waals surface area contributed by atoms with Crippen LogP contribution in [0.2, 0.25) is 0 Å². The van der Waals surface area contributed by atoms with E-state index < -0.39 is 0 Å². The van der Waals surface area contributed by atoms with Gasteiger partial charge in [-0.2, -0.15) is 0 Å². The first-order valence-corrected chi connectivity index (χ1v) is 7.64. The van der Waals surface area contributed by atoms with Crippen LogP contribution in [0.1, 0.15) is 50.6 Å². The molecule has 1 heterocycles. The number of hydrogen-bond donors (Lipinski definition) is 1. The van der Waals surface area contributed by atoms with Gasteiger partial charge in [0.25, 0.3) is 0 Å². The van der Waals surface area contributed by atoms with Crippen molar-refractivity contribution in [2.45, 2.75) is 50.7 Å². The molecule has 98 valence electrons. The van der Waals surface area contributed by atoms with E-state index in [1.807, 2.05) is 6.07 Å². The highest BCUT2D eigenvalue weighted by molar-refractivity contribution is 9.10. The van der Waals surface area contributed by atoms with E-state index in [1.54, 1.807) is 0 Å². The third-order valence-electron chi connectivity index (χ3n) is 4.64. The fraction of sp³-hybridized carbons (Fsp3) is 0.600. The van der Waals surface area contributed by atoms with Crippen LogP contribution in [0, 0.1) is 5.92 Å². The Hall–Kier alpha value is -0.540. The molecule has 1 saturated carbocycles. The van der Waals surface area contributed by atoms with Crippen LogP contribution in [0.15, 0.2) is 22.7 Å². The summed E-state index contributed by atoms with van der Waals surface area (Å²) in [6.45, 7) is 2.32. The molecule has 1 fully saturated rings. The first-order chi connectivity index (χ1) is 8.61. The lowest BCUT2D eigenvalue weighted by atomic mass is 9.71. The number of ether oxygens (including phenoxy) is 1. The monoisotopic (exact) mass is 309 g/mol. The molecule has 18 heavy (non-hydrogen) atoms. The van der Waals surface area contributed by atoms with E-state index in [1.165, 1.54) is 19.3 Å². The summed E-state index contributed by atoms with van der Waals surface area (Å²) in [6, 6.07) is 6.30. The Morgan fingerprint density at radius 2 is 2.22 bits per heavy atom. The second-order valence-electron chi connectivity index (χ2n) is 5.81. The van der Waals surface area contributed by atoms with Crippen molar-refractivity contribution >= 4 is 15.9 Å². The van der Waals surface area contributed by atoms with Gasteiger partial charge >= 0.3 is 0 Å². The molecule has 3 unspecified atom stereocenters. The maximum atomic E-state index is 6.40. The molecule has 1 aromatic carbocycles. The quantitative estimate of drug-likeness (QED) is 0.780. The standard InChI is InChI=1S/C15H20BrNO/c1-10-4-2-3-7-15(10)9-13(17)12-8-11(16)5-6-14(12)18-15/h5-6,8,10,13H,2-4,7,9,17H2,1H3. The van der Waals surface area contributed by atoms with Crippen LogP contribution < -0.4 is 10.5 Å². The van der Waals surface area contributed by atoms with E-state index >= 15 is 0 Å². The Balaban J connectivity index is 1.98. The highest BCUT2D eigenvalue weighted by Gasteiger charge is 2.45. The fourth-order valence-electron chi connectivity index (χ4n) is 3.48. The number of fused-ring (bicyclic) bond motifs is 1. The zero-order valence-corrected chi connectivity index (χ0v) is 12.4. The average Bonchev–Trinajstić information content (AvgIpc) is 2.34. The van der Waals surface area contributed by atoms with Crippen LogP contribution in [-0.4, -0.2) is 5.60 Å². The molecule has 2 N–H and O–H groups in total. The molecular formula is C15H20BrNO. The van der Waals surface area contributed by atoms with Crippen molar-refractivity contribution in [2.75, 3.05) is 0 Å². The summed E-state index contributed by atoms with van der Waals surface area (Å²) in [7, 11) is 0. The van der Waals surface area contributed by atoms with Gasteiger partial charge in [0.05, 0.1) is 0 Å². The van der Waals surface area contributed by atoms with Crippen LogP contribution in [0.25, 0.3) is 0 Å². The van der Waals surface area contributed by atoms with Gasteiger partial charge in [0.15, 0.2) is 0 Å². The molecule has 0 bridgehead atoms. The van der Waals surface area contributed by atoms with E-state index in [-0.39, 0.29) is 11.6 Å². The van der Waals surface area contributed by atoms with Crippen molar-refractivity contribution in [3.8, 4) is 5.75 Å². The summed E-state index contributed by atoms with van der Waals surface area (Å²) in [4.78, 5) is 0. The van der Waals surface area contributed by atoms with Crippen LogP contribution >= 0.6 is 15.9 Å². The Labute approximate surface area is 117 Å². The third-order valence-corrected chi connectivity index (χ3v) is 5.13. The lowest BCUT2D eigenvalue weighted by Crippen LogP contribution is -2.49. The van der Waals surface area contributed by atoms with Gasteiger partial charge in [0.1, 0.15) is 11.4 Å². The minimum atomic E-state index is -0.0154. The summed E-state index contributed by atoms with van der Waals surface area (Å²) in [6.07, 6.45) is 5.96.